The lowest BCUT2D eigenvalue weighted by molar-refractivity contribution is -0.150. The van der Waals surface area contributed by atoms with Crippen molar-refractivity contribution in [2.75, 3.05) is 50.5 Å². The van der Waals surface area contributed by atoms with Crippen LogP contribution in [-0.2, 0) is 20.9 Å². The molecule has 0 bridgehead atoms. The highest BCUT2D eigenvalue weighted by Gasteiger charge is 2.23. The number of hydrogen-bond donors (Lipinski definition) is 0. The predicted molar refractivity (Wildman–Crippen MR) is 127 cm³/mol. The molecule has 1 amide bonds. The zero-order chi connectivity index (χ0) is 23.9. The van der Waals surface area contributed by atoms with E-state index in [0.29, 0.717) is 49.5 Å². The quantitative estimate of drug-likeness (QED) is 0.334. The number of methoxy groups -OCH3 is 1. The highest BCUT2D eigenvalue weighted by Crippen LogP contribution is 2.24. The van der Waals surface area contributed by atoms with E-state index in [-0.39, 0.29) is 18.3 Å². The summed E-state index contributed by atoms with van der Waals surface area (Å²) >= 11 is 1.22. The molecule has 0 spiro atoms. The fourth-order valence-electron chi connectivity index (χ4n) is 3.67. The first kappa shape index (κ1) is 23.7. The largest absolute Gasteiger partial charge is 0.497 e. The number of anilines is 1. The van der Waals surface area contributed by atoms with Crippen LogP contribution in [0, 0.1) is 0 Å². The van der Waals surface area contributed by atoms with Crippen LogP contribution in [0.2, 0.25) is 0 Å². The van der Waals surface area contributed by atoms with Gasteiger partial charge in [-0.1, -0.05) is 11.8 Å². The van der Waals surface area contributed by atoms with Gasteiger partial charge in [-0.3, -0.25) is 14.2 Å². The molecular formula is C23H27N5O5S. The molecule has 1 aliphatic heterocycles. The number of benzene rings is 1. The van der Waals surface area contributed by atoms with Crippen LogP contribution in [0.3, 0.4) is 0 Å². The molecular weight excluding hydrogens is 458 g/mol. The number of ether oxygens (including phenoxy) is 2. The average Bonchev–Trinajstić information content (AvgIpc) is 3.55. The van der Waals surface area contributed by atoms with Crippen molar-refractivity contribution >= 4 is 29.3 Å². The maximum absolute atomic E-state index is 12.5. The number of amides is 1. The van der Waals surface area contributed by atoms with Crippen LogP contribution in [0.1, 0.15) is 6.92 Å². The van der Waals surface area contributed by atoms with Gasteiger partial charge in [0, 0.05) is 38.4 Å². The molecule has 0 aliphatic carbocycles. The normalized spacial score (nSPS) is 13.7. The molecule has 10 nitrogen and oxygen atoms in total. The van der Waals surface area contributed by atoms with E-state index in [2.05, 4.69) is 15.1 Å². The third-order valence-corrected chi connectivity index (χ3v) is 6.46. The molecule has 0 unspecified atom stereocenters. The summed E-state index contributed by atoms with van der Waals surface area (Å²) in [5.74, 6) is 1.40. The number of esters is 1. The van der Waals surface area contributed by atoms with Crippen molar-refractivity contribution in [2.24, 2.45) is 0 Å². The summed E-state index contributed by atoms with van der Waals surface area (Å²) in [5.41, 5.74) is 1.09. The van der Waals surface area contributed by atoms with Crippen molar-refractivity contribution in [3.63, 3.8) is 0 Å². The Kier molecular flexibility index (Phi) is 7.73. The van der Waals surface area contributed by atoms with Gasteiger partial charge in [-0.2, -0.15) is 0 Å². The predicted octanol–water partition coefficient (Wildman–Crippen LogP) is 2.55. The Balaban J connectivity index is 1.21. The van der Waals surface area contributed by atoms with Gasteiger partial charge >= 0.3 is 5.97 Å². The lowest BCUT2D eigenvalue weighted by atomic mass is 10.2. The van der Waals surface area contributed by atoms with Gasteiger partial charge in [0.05, 0.1) is 19.1 Å². The molecule has 3 heterocycles. The van der Waals surface area contributed by atoms with E-state index in [0.717, 1.165) is 11.4 Å². The summed E-state index contributed by atoms with van der Waals surface area (Å²) in [4.78, 5) is 28.7. The molecule has 11 heteroatoms. The monoisotopic (exact) mass is 485 g/mol. The van der Waals surface area contributed by atoms with Crippen molar-refractivity contribution in [3.8, 4) is 17.3 Å². The summed E-state index contributed by atoms with van der Waals surface area (Å²) in [6, 6.07) is 11.4. The van der Waals surface area contributed by atoms with E-state index in [4.69, 9.17) is 13.9 Å². The number of rotatable bonds is 9. The van der Waals surface area contributed by atoms with E-state index in [1.165, 1.54) is 11.8 Å². The Morgan fingerprint density at radius 1 is 1.09 bits per heavy atom. The fraction of sp³-hybridized carbons (Fsp3) is 0.391. The Hall–Kier alpha value is -3.47. The van der Waals surface area contributed by atoms with Gasteiger partial charge in [0.1, 0.15) is 5.75 Å². The van der Waals surface area contributed by atoms with Crippen LogP contribution < -0.4 is 9.64 Å². The number of piperazine rings is 1. The molecule has 34 heavy (non-hydrogen) atoms. The molecule has 2 aromatic heterocycles. The van der Waals surface area contributed by atoms with E-state index >= 15 is 0 Å². The molecule has 0 radical (unpaired) electrons. The minimum Gasteiger partial charge on any atom is -0.497 e. The number of nitrogens with zero attached hydrogens (tertiary/aromatic N) is 5. The Bertz CT molecular complexity index is 1090. The van der Waals surface area contributed by atoms with Crippen molar-refractivity contribution in [2.45, 2.75) is 18.6 Å². The van der Waals surface area contributed by atoms with E-state index in [1.54, 1.807) is 30.4 Å². The van der Waals surface area contributed by atoms with Gasteiger partial charge in [0.25, 0.3) is 5.91 Å². The number of carbonyl (C=O) groups excluding carboxylic acids is 2. The molecule has 180 valence electrons. The highest BCUT2D eigenvalue weighted by atomic mass is 32.2. The van der Waals surface area contributed by atoms with Crippen LogP contribution in [0.5, 0.6) is 5.75 Å². The van der Waals surface area contributed by atoms with Gasteiger partial charge in [0.15, 0.2) is 23.3 Å². The first-order valence-electron chi connectivity index (χ1n) is 11.0. The van der Waals surface area contributed by atoms with Crippen LogP contribution in [-0.4, -0.2) is 77.2 Å². The standard InChI is InChI=1S/C23H27N5O5S/c1-3-28-22(19-5-4-14-32-19)24-25-23(28)34-16-21(30)33-15-20(29)27-12-10-26(11-13-27)17-6-8-18(31-2)9-7-17/h4-9,14H,3,10-13,15-16H2,1-2H3. The van der Waals surface area contributed by atoms with E-state index in [9.17, 15) is 9.59 Å². The zero-order valence-corrected chi connectivity index (χ0v) is 20.0. The molecule has 1 saturated heterocycles. The summed E-state index contributed by atoms with van der Waals surface area (Å²) in [7, 11) is 1.64. The molecule has 1 fully saturated rings. The van der Waals surface area contributed by atoms with Crippen LogP contribution in [0.15, 0.2) is 52.2 Å². The third-order valence-electron chi connectivity index (χ3n) is 5.52. The smallest absolute Gasteiger partial charge is 0.316 e. The SMILES string of the molecule is CCn1c(SCC(=O)OCC(=O)N2CCN(c3ccc(OC)cc3)CC2)nnc1-c1ccco1. The van der Waals surface area contributed by atoms with Crippen LogP contribution in [0.4, 0.5) is 5.69 Å². The number of thioether (sulfide) groups is 1. The maximum Gasteiger partial charge on any atom is 0.316 e. The molecule has 0 atom stereocenters. The first-order valence-corrected chi connectivity index (χ1v) is 12.0. The van der Waals surface area contributed by atoms with E-state index < -0.39 is 5.97 Å². The van der Waals surface area contributed by atoms with Crippen LogP contribution >= 0.6 is 11.8 Å². The number of hydrogen-bond acceptors (Lipinski definition) is 9. The molecule has 0 N–H and O–H groups in total. The lowest BCUT2D eigenvalue weighted by Crippen LogP contribution is -2.50. The second-order valence-corrected chi connectivity index (χ2v) is 8.49. The van der Waals surface area contributed by atoms with Gasteiger partial charge < -0.3 is 23.7 Å². The summed E-state index contributed by atoms with van der Waals surface area (Å²) in [6.45, 7) is 4.91. The van der Waals surface area contributed by atoms with E-state index in [1.807, 2.05) is 35.8 Å². The molecule has 3 aromatic rings. The number of carbonyl (C=O) groups is 2. The average molecular weight is 486 g/mol. The van der Waals surface area contributed by atoms with Crippen molar-refractivity contribution in [1.29, 1.82) is 0 Å². The minimum atomic E-state index is -0.472. The number of aromatic nitrogens is 3. The Morgan fingerprint density at radius 2 is 1.85 bits per heavy atom. The highest BCUT2D eigenvalue weighted by molar-refractivity contribution is 7.99. The molecule has 0 saturated carbocycles. The third kappa shape index (κ3) is 5.53. The summed E-state index contributed by atoms with van der Waals surface area (Å²) in [5, 5.41) is 8.89. The van der Waals surface area contributed by atoms with Gasteiger partial charge in [-0.25, -0.2) is 0 Å². The zero-order valence-electron chi connectivity index (χ0n) is 19.2. The Labute approximate surface area is 201 Å². The minimum absolute atomic E-state index is 0.0365. The van der Waals surface area contributed by atoms with Gasteiger partial charge in [-0.05, 0) is 43.3 Å². The van der Waals surface area contributed by atoms with Crippen LogP contribution in [0.25, 0.3) is 11.6 Å². The topological polar surface area (TPSA) is 103 Å². The van der Waals surface area contributed by atoms with Gasteiger partial charge in [0.2, 0.25) is 0 Å². The summed E-state index contributed by atoms with van der Waals surface area (Å²) in [6.07, 6.45) is 1.57. The second kappa shape index (κ2) is 11.1. The van der Waals surface area contributed by atoms with Gasteiger partial charge in [-0.15, -0.1) is 10.2 Å². The number of furan rings is 1. The second-order valence-electron chi connectivity index (χ2n) is 7.54. The Morgan fingerprint density at radius 3 is 2.50 bits per heavy atom. The first-order chi connectivity index (χ1) is 16.6. The lowest BCUT2D eigenvalue weighted by Gasteiger charge is -2.36. The molecule has 1 aliphatic rings. The van der Waals surface area contributed by atoms with Crippen molar-refractivity contribution in [3.05, 3.63) is 42.7 Å². The molecule has 4 rings (SSSR count). The molecule has 1 aromatic carbocycles. The van der Waals surface area contributed by atoms with Crippen molar-refractivity contribution < 1.29 is 23.5 Å². The van der Waals surface area contributed by atoms with Crippen molar-refractivity contribution in [1.82, 2.24) is 19.7 Å². The summed E-state index contributed by atoms with van der Waals surface area (Å²) < 4.78 is 17.7. The maximum atomic E-state index is 12.5. The fourth-order valence-corrected chi connectivity index (χ4v) is 4.47.